The molecule has 0 unspecified atom stereocenters. The number of amides is 1. The van der Waals surface area contributed by atoms with Gasteiger partial charge in [0, 0.05) is 11.6 Å². The van der Waals surface area contributed by atoms with Crippen LogP contribution in [-0.2, 0) is 11.4 Å². The maximum absolute atomic E-state index is 13.6. The number of carbonyl (C=O) groups is 1. The molecule has 0 radical (unpaired) electrons. The number of rotatable bonds is 6. The number of nitrogens with one attached hydrogen (secondary N) is 1. The third kappa shape index (κ3) is 4.47. The Morgan fingerprint density at radius 2 is 2.12 bits per heavy atom. The zero-order valence-electron chi connectivity index (χ0n) is 12.9. The standard InChI is InChI=1S/C17H16ClFN2O3/c1-23-15-9-11(6-7-16(22)21-20)8-13(18)17(15)24-10-12-4-2-3-5-14(12)19/h2-9H,10,20H2,1H3,(H,21,22)/b7-6+. The van der Waals surface area contributed by atoms with Gasteiger partial charge in [-0.1, -0.05) is 29.8 Å². The highest BCUT2D eigenvalue weighted by Crippen LogP contribution is 2.37. The van der Waals surface area contributed by atoms with Gasteiger partial charge < -0.3 is 9.47 Å². The molecule has 0 heterocycles. The summed E-state index contributed by atoms with van der Waals surface area (Å²) in [6.07, 6.45) is 2.78. The summed E-state index contributed by atoms with van der Waals surface area (Å²) in [6, 6.07) is 9.54. The summed E-state index contributed by atoms with van der Waals surface area (Å²) in [5, 5.41) is 0.276. The molecule has 0 saturated heterocycles. The topological polar surface area (TPSA) is 73.6 Å². The van der Waals surface area contributed by atoms with Crippen LogP contribution in [-0.4, -0.2) is 13.0 Å². The molecule has 2 rings (SSSR count). The highest BCUT2D eigenvalue weighted by molar-refractivity contribution is 6.32. The van der Waals surface area contributed by atoms with Gasteiger partial charge in [0.05, 0.1) is 12.1 Å². The van der Waals surface area contributed by atoms with Gasteiger partial charge in [-0.05, 0) is 29.8 Å². The van der Waals surface area contributed by atoms with Crippen molar-refractivity contribution in [3.8, 4) is 11.5 Å². The van der Waals surface area contributed by atoms with E-state index in [-0.39, 0.29) is 17.4 Å². The number of carbonyl (C=O) groups excluding carboxylic acids is 1. The Balaban J connectivity index is 2.22. The fraction of sp³-hybridized carbons (Fsp3) is 0.118. The molecule has 0 aliphatic heterocycles. The molecule has 0 aromatic heterocycles. The molecule has 0 aliphatic rings. The Hall–Kier alpha value is -2.57. The van der Waals surface area contributed by atoms with Crippen LogP contribution in [0, 0.1) is 5.82 Å². The van der Waals surface area contributed by atoms with Crippen molar-refractivity contribution in [2.24, 2.45) is 5.84 Å². The maximum atomic E-state index is 13.6. The summed E-state index contributed by atoms with van der Waals surface area (Å²) in [4.78, 5) is 11.1. The van der Waals surface area contributed by atoms with E-state index < -0.39 is 5.91 Å². The highest BCUT2D eigenvalue weighted by Gasteiger charge is 2.12. The lowest BCUT2D eigenvalue weighted by Crippen LogP contribution is -2.27. The first-order valence-corrected chi connectivity index (χ1v) is 7.35. The summed E-state index contributed by atoms with van der Waals surface area (Å²) < 4.78 is 24.5. The molecular weight excluding hydrogens is 335 g/mol. The van der Waals surface area contributed by atoms with E-state index in [9.17, 15) is 9.18 Å². The normalized spacial score (nSPS) is 10.7. The first kappa shape index (κ1) is 17.8. The van der Waals surface area contributed by atoms with E-state index in [1.54, 1.807) is 30.3 Å². The number of hydrazine groups is 1. The van der Waals surface area contributed by atoms with E-state index in [0.29, 0.717) is 22.6 Å². The van der Waals surface area contributed by atoms with Gasteiger partial charge in [0.25, 0.3) is 5.91 Å². The summed E-state index contributed by atoms with van der Waals surface area (Å²) in [5.74, 6) is 4.85. The van der Waals surface area contributed by atoms with Gasteiger partial charge in [-0.3, -0.25) is 10.2 Å². The smallest absolute Gasteiger partial charge is 0.257 e. The van der Waals surface area contributed by atoms with Gasteiger partial charge in [0.1, 0.15) is 12.4 Å². The lowest BCUT2D eigenvalue weighted by molar-refractivity contribution is -0.116. The van der Waals surface area contributed by atoms with E-state index in [4.69, 9.17) is 26.9 Å². The van der Waals surface area contributed by atoms with E-state index in [1.165, 1.54) is 25.3 Å². The van der Waals surface area contributed by atoms with Gasteiger partial charge in [-0.25, -0.2) is 10.2 Å². The average Bonchev–Trinajstić information content (AvgIpc) is 2.59. The minimum Gasteiger partial charge on any atom is -0.493 e. The molecule has 0 atom stereocenters. The zero-order chi connectivity index (χ0) is 17.5. The number of halogens is 2. The molecule has 0 bridgehead atoms. The highest BCUT2D eigenvalue weighted by atomic mass is 35.5. The Kier molecular flexibility index (Phi) is 6.17. The quantitative estimate of drug-likeness (QED) is 0.363. The molecule has 2 aromatic carbocycles. The van der Waals surface area contributed by atoms with Gasteiger partial charge in [0.2, 0.25) is 0 Å². The molecule has 0 spiro atoms. The van der Waals surface area contributed by atoms with Crippen LogP contribution in [0.3, 0.4) is 0 Å². The second kappa shape index (κ2) is 8.33. The number of hydrogen-bond acceptors (Lipinski definition) is 4. The Labute approximate surface area is 143 Å². The molecule has 0 fully saturated rings. The zero-order valence-corrected chi connectivity index (χ0v) is 13.6. The number of hydrogen-bond donors (Lipinski definition) is 2. The molecule has 3 N–H and O–H groups in total. The molecule has 0 saturated carbocycles. The van der Waals surface area contributed by atoms with Gasteiger partial charge in [-0.2, -0.15) is 0 Å². The van der Waals surface area contributed by atoms with Crippen molar-refractivity contribution in [1.82, 2.24) is 5.43 Å². The molecule has 24 heavy (non-hydrogen) atoms. The van der Waals surface area contributed by atoms with Crippen molar-refractivity contribution in [2.75, 3.05) is 7.11 Å². The maximum Gasteiger partial charge on any atom is 0.257 e. The van der Waals surface area contributed by atoms with E-state index in [2.05, 4.69) is 0 Å². The molecule has 126 valence electrons. The molecular formula is C17H16ClFN2O3. The van der Waals surface area contributed by atoms with E-state index in [0.717, 1.165) is 0 Å². The van der Waals surface area contributed by atoms with Crippen LogP contribution >= 0.6 is 11.6 Å². The molecule has 1 amide bonds. The number of nitrogens with two attached hydrogens (primary N) is 1. The first-order chi connectivity index (χ1) is 11.5. The lowest BCUT2D eigenvalue weighted by Gasteiger charge is -2.13. The largest absolute Gasteiger partial charge is 0.493 e. The summed E-state index contributed by atoms with van der Waals surface area (Å²) in [6.45, 7) is 0.00746. The van der Waals surface area contributed by atoms with E-state index in [1.807, 2.05) is 5.43 Å². The third-order valence-electron chi connectivity index (χ3n) is 3.15. The SMILES string of the molecule is COc1cc(/C=C/C(=O)NN)cc(Cl)c1OCc1ccccc1F. The second-order valence-corrected chi connectivity index (χ2v) is 5.16. The lowest BCUT2D eigenvalue weighted by atomic mass is 10.1. The van der Waals surface area contributed by atoms with Gasteiger partial charge in [0.15, 0.2) is 11.5 Å². The van der Waals surface area contributed by atoms with Crippen LogP contribution in [0.2, 0.25) is 5.02 Å². The molecule has 0 aliphatic carbocycles. The first-order valence-electron chi connectivity index (χ1n) is 6.97. The monoisotopic (exact) mass is 350 g/mol. The van der Waals surface area contributed by atoms with Gasteiger partial charge in [-0.15, -0.1) is 0 Å². The van der Waals surface area contributed by atoms with Gasteiger partial charge >= 0.3 is 0 Å². The minimum absolute atomic E-state index is 0.00746. The number of ether oxygens (including phenoxy) is 2. The fourth-order valence-electron chi connectivity index (χ4n) is 1.96. The Morgan fingerprint density at radius 3 is 2.79 bits per heavy atom. The van der Waals surface area contributed by atoms with Crippen molar-refractivity contribution < 1.29 is 18.7 Å². The Bertz CT molecular complexity index is 765. The average molecular weight is 351 g/mol. The van der Waals surface area contributed by atoms with Crippen LogP contribution in [0.5, 0.6) is 11.5 Å². The van der Waals surface area contributed by atoms with Crippen molar-refractivity contribution >= 4 is 23.6 Å². The molecule has 5 nitrogen and oxygen atoms in total. The van der Waals surface area contributed by atoms with Crippen LogP contribution in [0.15, 0.2) is 42.5 Å². The van der Waals surface area contributed by atoms with Crippen LogP contribution in [0.25, 0.3) is 6.08 Å². The minimum atomic E-state index is -0.454. The second-order valence-electron chi connectivity index (χ2n) is 4.76. The number of benzene rings is 2. The third-order valence-corrected chi connectivity index (χ3v) is 3.43. The summed E-state index contributed by atoms with van der Waals surface area (Å²) in [5.41, 5.74) is 3.01. The van der Waals surface area contributed by atoms with Crippen molar-refractivity contribution in [3.63, 3.8) is 0 Å². The molecule has 2 aromatic rings. The van der Waals surface area contributed by atoms with Crippen LogP contribution in [0.4, 0.5) is 4.39 Å². The van der Waals surface area contributed by atoms with Crippen molar-refractivity contribution in [1.29, 1.82) is 0 Å². The predicted molar refractivity (Wildman–Crippen MR) is 90.1 cm³/mol. The predicted octanol–water partition coefficient (Wildman–Crippen LogP) is 3.07. The summed E-state index contributed by atoms with van der Waals surface area (Å²) >= 11 is 6.21. The molecule has 7 heteroatoms. The number of methoxy groups -OCH3 is 1. The fourth-order valence-corrected chi connectivity index (χ4v) is 2.24. The van der Waals surface area contributed by atoms with Crippen molar-refractivity contribution in [2.45, 2.75) is 6.61 Å². The summed E-state index contributed by atoms with van der Waals surface area (Å²) in [7, 11) is 1.46. The van der Waals surface area contributed by atoms with Crippen molar-refractivity contribution in [3.05, 3.63) is 64.4 Å². The van der Waals surface area contributed by atoms with E-state index >= 15 is 0 Å². The van der Waals surface area contributed by atoms with Crippen LogP contribution < -0.4 is 20.7 Å². The Morgan fingerprint density at radius 1 is 1.38 bits per heavy atom. The van der Waals surface area contributed by atoms with Crippen LogP contribution in [0.1, 0.15) is 11.1 Å².